The van der Waals surface area contributed by atoms with E-state index in [1.165, 1.54) is 19.3 Å². The van der Waals surface area contributed by atoms with Gasteiger partial charge in [0, 0.05) is 18.1 Å². The van der Waals surface area contributed by atoms with Crippen molar-refractivity contribution in [2.24, 2.45) is 10.8 Å². The molecule has 2 heteroatoms. The van der Waals surface area contributed by atoms with E-state index < -0.39 is 0 Å². The van der Waals surface area contributed by atoms with Crippen LogP contribution in [-0.4, -0.2) is 12.6 Å². The zero-order valence-corrected chi connectivity index (χ0v) is 11.2. The van der Waals surface area contributed by atoms with Crippen molar-refractivity contribution in [3.63, 3.8) is 0 Å². The third kappa shape index (κ3) is 4.56. The van der Waals surface area contributed by atoms with Crippen LogP contribution >= 0.6 is 11.6 Å². The van der Waals surface area contributed by atoms with E-state index in [1.807, 2.05) is 6.08 Å². The summed E-state index contributed by atoms with van der Waals surface area (Å²) in [4.78, 5) is 0. The van der Waals surface area contributed by atoms with Crippen LogP contribution in [0.15, 0.2) is 11.6 Å². The second-order valence-electron chi connectivity index (χ2n) is 6.38. The van der Waals surface area contributed by atoms with Crippen LogP contribution in [0.5, 0.6) is 0 Å². The highest BCUT2D eigenvalue weighted by Crippen LogP contribution is 2.45. The molecule has 0 saturated heterocycles. The summed E-state index contributed by atoms with van der Waals surface area (Å²) in [5.74, 6) is 0. The molecule has 1 aliphatic rings. The Labute approximate surface area is 99.3 Å². The molecule has 0 aromatic heterocycles. The van der Waals surface area contributed by atoms with Gasteiger partial charge < -0.3 is 5.32 Å². The highest BCUT2D eigenvalue weighted by atomic mass is 35.5. The molecule has 0 bridgehead atoms. The Hall–Kier alpha value is -0.0100. The zero-order chi connectivity index (χ0) is 11.5. The van der Waals surface area contributed by atoms with Gasteiger partial charge in [-0.25, -0.2) is 0 Å². The normalized spacial score (nSPS) is 25.9. The van der Waals surface area contributed by atoms with Crippen LogP contribution in [0.3, 0.4) is 0 Å². The smallest absolute Gasteiger partial charge is 0.0149 e. The first-order valence-electron chi connectivity index (χ1n) is 5.83. The van der Waals surface area contributed by atoms with E-state index >= 15 is 0 Å². The summed E-state index contributed by atoms with van der Waals surface area (Å²) in [5, 5.41) is 3.56. The molecule has 1 rings (SSSR count). The van der Waals surface area contributed by atoms with E-state index in [9.17, 15) is 0 Å². The van der Waals surface area contributed by atoms with Crippen molar-refractivity contribution >= 4 is 11.6 Å². The van der Waals surface area contributed by atoms with Crippen molar-refractivity contribution in [3.05, 3.63) is 11.6 Å². The van der Waals surface area contributed by atoms with Gasteiger partial charge in [0.05, 0.1) is 0 Å². The standard InChI is InChI=1S/C13H24ClN/c1-12(2)8-11(15-7-5-6-14)9-13(3,4)10-12/h5-6,11,15H,7-10H2,1-4H3/b6-5+. The maximum atomic E-state index is 5.51. The number of hydrogen-bond donors (Lipinski definition) is 1. The summed E-state index contributed by atoms with van der Waals surface area (Å²) in [6.45, 7) is 10.4. The Morgan fingerprint density at radius 1 is 1.20 bits per heavy atom. The number of halogens is 1. The minimum atomic E-state index is 0.462. The molecule has 88 valence electrons. The molecule has 0 radical (unpaired) electrons. The van der Waals surface area contributed by atoms with E-state index in [4.69, 9.17) is 11.6 Å². The van der Waals surface area contributed by atoms with Crippen LogP contribution in [-0.2, 0) is 0 Å². The molecule has 0 unspecified atom stereocenters. The van der Waals surface area contributed by atoms with Crippen LogP contribution in [0.25, 0.3) is 0 Å². The third-order valence-corrected chi connectivity index (χ3v) is 3.35. The van der Waals surface area contributed by atoms with Gasteiger partial charge in [0.15, 0.2) is 0 Å². The first kappa shape index (κ1) is 13.1. The fourth-order valence-electron chi connectivity index (χ4n) is 3.27. The molecule has 0 aromatic rings. The molecule has 1 nitrogen and oxygen atoms in total. The highest BCUT2D eigenvalue weighted by Gasteiger charge is 2.37. The van der Waals surface area contributed by atoms with Crippen molar-refractivity contribution in [2.75, 3.05) is 6.54 Å². The third-order valence-electron chi connectivity index (χ3n) is 3.17. The fourth-order valence-corrected chi connectivity index (χ4v) is 3.36. The van der Waals surface area contributed by atoms with Crippen molar-refractivity contribution in [1.29, 1.82) is 0 Å². The number of nitrogens with one attached hydrogen (secondary N) is 1. The van der Waals surface area contributed by atoms with E-state index in [-0.39, 0.29) is 0 Å². The van der Waals surface area contributed by atoms with Gasteiger partial charge in [-0.05, 0) is 30.1 Å². The zero-order valence-electron chi connectivity index (χ0n) is 10.4. The van der Waals surface area contributed by atoms with Gasteiger partial charge in [0.1, 0.15) is 0 Å². The second-order valence-corrected chi connectivity index (χ2v) is 6.63. The van der Waals surface area contributed by atoms with Crippen LogP contribution < -0.4 is 5.32 Å². The maximum Gasteiger partial charge on any atom is 0.0149 e. The SMILES string of the molecule is CC1(C)CC(NC/C=C/Cl)CC(C)(C)C1. The van der Waals surface area contributed by atoms with Gasteiger partial charge >= 0.3 is 0 Å². The maximum absolute atomic E-state index is 5.51. The second kappa shape index (κ2) is 4.88. The van der Waals surface area contributed by atoms with Crippen LogP contribution in [0.1, 0.15) is 47.0 Å². The Balaban J connectivity index is 2.51. The molecular weight excluding hydrogens is 206 g/mol. The Morgan fingerprint density at radius 2 is 1.73 bits per heavy atom. The lowest BCUT2D eigenvalue weighted by molar-refractivity contribution is 0.0866. The largest absolute Gasteiger partial charge is 0.310 e. The summed E-state index contributed by atoms with van der Waals surface area (Å²) < 4.78 is 0. The summed E-state index contributed by atoms with van der Waals surface area (Å²) in [5.41, 5.74) is 2.51. The molecule has 1 saturated carbocycles. The summed E-state index contributed by atoms with van der Waals surface area (Å²) in [6.07, 6.45) is 5.83. The van der Waals surface area contributed by atoms with E-state index in [1.54, 1.807) is 5.54 Å². The molecule has 1 fully saturated rings. The monoisotopic (exact) mass is 229 g/mol. The summed E-state index contributed by atoms with van der Waals surface area (Å²) in [7, 11) is 0. The summed E-state index contributed by atoms with van der Waals surface area (Å²) >= 11 is 5.51. The Morgan fingerprint density at radius 3 is 2.20 bits per heavy atom. The molecule has 0 spiro atoms. The van der Waals surface area contributed by atoms with E-state index in [0.717, 1.165) is 6.54 Å². The van der Waals surface area contributed by atoms with Crippen molar-refractivity contribution in [1.82, 2.24) is 5.32 Å². The Bertz CT molecular complexity index is 215. The summed E-state index contributed by atoms with van der Waals surface area (Å²) in [6, 6.07) is 0.636. The molecule has 0 amide bonds. The molecule has 0 heterocycles. The molecule has 0 aromatic carbocycles. The molecule has 1 N–H and O–H groups in total. The topological polar surface area (TPSA) is 12.0 Å². The van der Waals surface area contributed by atoms with Crippen molar-refractivity contribution < 1.29 is 0 Å². The first-order chi connectivity index (χ1) is 6.85. The lowest BCUT2D eigenvalue weighted by Crippen LogP contribution is -2.43. The highest BCUT2D eigenvalue weighted by molar-refractivity contribution is 6.25. The van der Waals surface area contributed by atoms with Gasteiger partial charge in [0.25, 0.3) is 0 Å². The first-order valence-corrected chi connectivity index (χ1v) is 6.27. The molecule has 15 heavy (non-hydrogen) atoms. The Kier molecular flexibility index (Phi) is 4.25. The predicted octanol–water partition coefficient (Wildman–Crippen LogP) is 3.93. The number of rotatable bonds is 3. The van der Waals surface area contributed by atoms with Gasteiger partial charge in [-0.2, -0.15) is 0 Å². The van der Waals surface area contributed by atoms with Crippen LogP contribution in [0.2, 0.25) is 0 Å². The van der Waals surface area contributed by atoms with E-state index in [0.29, 0.717) is 16.9 Å². The lowest BCUT2D eigenvalue weighted by atomic mass is 9.63. The number of hydrogen-bond acceptors (Lipinski definition) is 1. The van der Waals surface area contributed by atoms with Crippen LogP contribution in [0.4, 0.5) is 0 Å². The van der Waals surface area contributed by atoms with Crippen molar-refractivity contribution in [2.45, 2.75) is 53.0 Å². The van der Waals surface area contributed by atoms with Gasteiger partial charge in [-0.15, -0.1) is 0 Å². The fraction of sp³-hybridized carbons (Fsp3) is 0.846. The molecule has 0 atom stereocenters. The van der Waals surface area contributed by atoms with E-state index in [2.05, 4.69) is 33.0 Å². The van der Waals surface area contributed by atoms with Crippen LogP contribution in [0, 0.1) is 10.8 Å². The average Bonchev–Trinajstić information content (AvgIpc) is 1.98. The molecular formula is C13H24ClN. The lowest BCUT2D eigenvalue weighted by Gasteiger charge is -2.45. The minimum Gasteiger partial charge on any atom is -0.310 e. The van der Waals surface area contributed by atoms with Crippen molar-refractivity contribution in [3.8, 4) is 0 Å². The average molecular weight is 230 g/mol. The minimum absolute atomic E-state index is 0.462. The predicted molar refractivity (Wildman–Crippen MR) is 68.2 cm³/mol. The van der Waals surface area contributed by atoms with Gasteiger partial charge in [0.2, 0.25) is 0 Å². The molecule has 1 aliphatic carbocycles. The van der Waals surface area contributed by atoms with Gasteiger partial charge in [-0.3, -0.25) is 0 Å². The molecule has 0 aliphatic heterocycles. The quantitative estimate of drug-likeness (QED) is 0.773. The van der Waals surface area contributed by atoms with Gasteiger partial charge in [-0.1, -0.05) is 45.4 Å².